The molecule has 0 aromatic heterocycles. The summed E-state index contributed by atoms with van der Waals surface area (Å²) >= 11 is 0. The van der Waals surface area contributed by atoms with Crippen molar-refractivity contribution >= 4 is 5.91 Å². The van der Waals surface area contributed by atoms with Crippen LogP contribution >= 0.6 is 0 Å². The Balaban J connectivity index is 2.01. The first-order valence-corrected chi connectivity index (χ1v) is 5.75. The van der Waals surface area contributed by atoms with Gasteiger partial charge in [-0.25, -0.2) is 0 Å². The fourth-order valence-corrected chi connectivity index (χ4v) is 2.45. The van der Waals surface area contributed by atoms with Crippen LogP contribution < -0.4 is 5.73 Å². The molecule has 2 aliphatic rings. The van der Waals surface area contributed by atoms with Crippen molar-refractivity contribution in [3.8, 4) is 6.07 Å². The smallest absolute Gasteiger partial charge is 0.242 e. The van der Waals surface area contributed by atoms with E-state index < -0.39 is 11.6 Å². The molecule has 2 N–H and O–H groups in total. The summed E-state index contributed by atoms with van der Waals surface area (Å²) in [6.45, 7) is 1.34. The first kappa shape index (κ1) is 11.4. The van der Waals surface area contributed by atoms with Crippen LogP contribution in [0.4, 0.5) is 0 Å². The second-order valence-corrected chi connectivity index (χ2v) is 4.60. The van der Waals surface area contributed by atoms with Gasteiger partial charge in [-0.15, -0.1) is 0 Å². The molecule has 1 saturated heterocycles. The largest absolute Gasteiger partial charge is 0.360 e. The van der Waals surface area contributed by atoms with E-state index in [1.54, 1.807) is 4.90 Å². The van der Waals surface area contributed by atoms with Crippen molar-refractivity contribution in [2.75, 3.05) is 19.7 Å². The zero-order valence-electron chi connectivity index (χ0n) is 9.32. The van der Waals surface area contributed by atoms with Crippen LogP contribution in [0.3, 0.4) is 0 Å². The standard InChI is InChI=1S/C11H17N3O2/c12-7-9-8-14(5-6-16-9)10(15)11(13)3-1-2-4-11/h9H,1-6,8,13H2. The summed E-state index contributed by atoms with van der Waals surface area (Å²) in [5, 5.41) is 8.78. The van der Waals surface area contributed by atoms with Crippen molar-refractivity contribution in [1.29, 1.82) is 5.26 Å². The van der Waals surface area contributed by atoms with Crippen LogP contribution in [0.1, 0.15) is 25.7 Å². The minimum absolute atomic E-state index is 0.00597. The van der Waals surface area contributed by atoms with E-state index in [0.29, 0.717) is 19.7 Å². The molecule has 0 radical (unpaired) electrons. The molecule has 5 nitrogen and oxygen atoms in total. The van der Waals surface area contributed by atoms with E-state index in [0.717, 1.165) is 25.7 Å². The summed E-state index contributed by atoms with van der Waals surface area (Å²) < 4.78 is 5.21. The minimum Gasteiger partial charge on any atom is -0.360 e. The number of hydrogen-bond acceptors (Lipinski definition) is 4. The Bertz CT molecular complexity index is 318. The summed E-state index contributed by atoms with van der Waals surface area (Å²) in [4.78, 5) is 13.9. The number of nitrogens with zero attached hydrogens (tertiary/aromatic N) is 2. The number of carbonyl (C=O) groups is 1. The van der Waals surface area contributed by atoms with Crippen LogP contribution in [0.15, 0.2) is 0 Å². The highest BCUT2D eigenvalue weighted by atomic mass is 16.5. The summed E-state index contributed by atoms with van der Waals surface area (Å²) in [5.41, 5.74) is 5.42. The molecule has 0 bridgehead atoms. The van der Waals surface area contributed by atoms with Crippen LogP contribution in [0.5, 0.6) is 0 Å². The quantitative estimate of drug-likeness (QED) is 0.679. The highest BCUT2D eigenvalue weighted by Crippen LogP contribution is 2.29. The molecule has 0 spiro atoms. The van der Waals surface area contributed by atoms with E-state index >= 15 is 0 Å². The lowest BCUT2D eigenvalue weighted by Gasteiger charge is -2.35. The third-order valence-electron chi connectivity index (χ3n) is 3.42. The lowest BCUT2D eigenvalue weighted by atomic mass is 9.97. The van der Waals surface area contributed by atoms with Crippen LogP contribution in [0, 0.1) is 11.3 Å². The molecule has 1 saturated carbocycles. The number of nitriles is 1. The first-order valence-electron chi connectivity index (χ1n) is 5.75. The zero-order valence-corrected chi connectivity index (χ0v) is 9.32. The number of nitrogens with two attached hydrogens (primary N) is 1. The molecule has 1 atom stereocenters. The van der Waals surface area contributed by atoms with Crippen LogP contribution in [-0.2, 0) is 9.53 Å². The topological polar surface area (TPSA) is 79.4 Å². The molecule has 1 aliphatic carbocycles. The fourth-order valence-electron chi connectivity index (χ4n) is 2.45. The lowest BCUT2D eigenvalue weighted by Crippen LogP contribution is -2.57. The molecule has 1 heterocycles. The number of rotatable bonds is 1. The van der Waals surface area contributed by atoms with E-state index in [1.807, 2.05) is 6.07 Å². The van der Waals surface area contributed by atoms with E-state index in [9.17, 15) is 4.79 Å². The van der Waals surface area contributed by atoms with Gasteiger partial charge in [-0.2, -0.15) is 5.26 Å². The predicted molar refractivity (Wildman–Crippen MR) is 57.3 cm³/mol. The van der Waals surface area contributed by atoms with Gasteiger partial charge in [0.2, 0.25) is 5.91 Å². The molecule has 2 rings (SSSR count). The third kappa shape index (κ3) is 2.04. The summed E-state index contributed by atoms with van der Waals surface area (Å²) in [6, 6.07) is 2.03. The van der Waals surface area contributed by atoms with Crippen molar-refractivity contribution in [3.05, 3.63) is 0 Å². The Morgan fingerprint density at radius 2 is 2.19 bits per heavy atom. The van der Waals surface area contributed by atoms with Crippen molar-refractivity contribution in [2.24, 2.45) is 5.73 Å². The van der Waals surface area contributed by atoms with Gasteiger partial charge in [-0.3, -0.25) is 4.79 Å². The van der Waals surface area contributed by atoms with Gasteiger partial charge >= 0.3 is 0 Å². The van der Waals surface area contributed by atoms with E-state index in [2.05, 4.69) is 0 Å². The maximum absolute atomic E-state index is 12.2. The maximum Gasteiger partial charge on any atom is 0.242 e. The van der Waals surface area contributed by atoms with Crippen LogP contribution in [-0.4, -0.2) is 42.1 Å². The van der Waals surface area contributed by atoms with E-state index in [-0.39, 0.29) is 5.91 Å². The second kappa shape index (κ2) is 4.40. The van der Waals surface area contributed by atoms with Gasteiger partial charge in [0.15, 0.2) is 6.10 Å². The third-order valence-corrected chi connectivity index (χ3v) is 3.42. The first-order chi connectivity index (χ1) is 7.65. The summed E-state index contributed by atoms with van der Waals surface area (Å²) in [5.74, 6) is -0.00597. The highest BCUT2D eigenvalue weighted by Gasteiger charge is 2.41. The summed E-state index contributed by atoms with van der Waals surface area (Å²) in [6.07, 6.45) is 3.08. The average Bonchev–Trinajstić information content (AvgIpc) is 2.76. The maximum atomic E-state index is 12.2. The molecular weight excluding hydrogens is 206 g/mol. The molecule has 1 aliphatic heterocycles. The van der Waals surface area contributed by atoms with E-state index in [1.165, 1.54) is 0 Å². The Hall–Kier alpha value is -1.12. The van der Waals surface area contributed by atoms with Crippen LogP contribution in [0.2, 0.25) is 0 Å². The summed E-state index contributed by atoms with van der Waals surface area (Å²) in [7, 11) is 0. The number of hydrogen-bond donors (Lipinski definition) is 1. The Morgan fingerprint density at radius 3 is 2.81 bits per heavy atom. The van der Waals surface area contributed by atoms with Crippen molar-refractivity contribution in [1.82, 2.24) is 4.90 Å². The second-order valence-electron chi connectivity index (χ2n) is 4.60. The van der Waals surface area contributed by atoms with Crippen molar-refractivity contribution < 1.29 is 9.53 Å². The van der Waals surface area contributed by atoms with Gasteiger partial charge in [-0.1, -0.05) is 12.8 Å². The highest BCUT2D eigenvalue weighted by molar-refractivity contribution is 5.86. The molecule has 1 unspecified atom stereocenters. The molecule has 88 valence electrons. The fraction of sp³-hybridized carbons (Fsp3) is 0.818. The molecule has 2 fully saturated rings. The van der Waals surface area contributed by atoms with Crippen LogP contribution in [0.25, 0.3) is 0 Å². The number of carbonyl (C=O) groups excluding carboxylic acids is 1. The van der Waals surface area contributed by atoms with E-state index in [4.69, 9.17) is 15.7 Å². The number of ether oxygens (including phenoxy) is 1. The lowest BCUT2D eigenvalue weighted by molar-refractivity contribution is -0.142. The van der Waals surface area contributed by atoms with Gasteiger partial charge in [-0.05, 0) is 12.8 Å². The number of amides is 1. The van der Waals surface area contributed by atoms with Gasteiger partial charge < -0.3 is 15.4 Å². The molecule has 1 amide bonds. The monoisotopic (exact) mass is 223 g/mol. The van der Waals surface area contributed by atoms with Crippen molar-refractivity contribution in [3.63, 3.8) is 0 Å². The Kier molecular flexibility index (Phi) is 3.13. The Morgan fingerprint density at radius 1 is 1.50 bits per heavy atom. The van der Waals surface area contributed by atoms with Gasteiger partial charge in [0.05, 0.1) is 24.8 Å². The molecular formula is C11H17N3O2. The predicted octanol–water partition coefficient (Wildman–Crippen LogP) is 0.00888. The SMILES string of the molecule is N#CC1CN(C(=O)C2(N)CCCC2)CCO1. The normalized spacial score (nSPS) is 28.8. The van der Waals surface area contributed by atoms with Gasteiger partial charge in [0, 0.05) is 6.54 Å². The Labute approximate surface area is 95.1 Å². The number of morpholine rings is 1. The minimum atomic E-state index is -0.683. The molecule has 0 aromatic carbocycles. The molecule has 16 heavy (non-hydrogen) atoms. The van der Waals surface area contributed by atoms with Gasteiger partial charge in [0.1, 0.15) is 0 Å². The molecule has 5 heteroatoms. The molecule has 0 aromatic rings. The van der Waals surface area contributed by atoms with Gasteiger partial charge in [0.25, 0.3) is 0 Å². The van der Waals surface area contributed by atoms with Crippen molar-refractivity contribution in [2.45, 2.75) is 37.3 Å². The zero-order chi connectivity index (χ0) is 11.6. The average molecular weight is 223 g/mol.